The zero-order chi connectivity index (χ0) is 15.8. The van der Waals surface area contributed by atoms with Gasteiger partial charge in [0.1, 0.15) is 11.8 Å². The van der Waals surface area contributed by atoms with Gasteiger partial charge in [0.15, 0.2) is 0 Å². The van der Waals surface area contributed by atoms with E-state index in [0.29, 0.717) is 12.4 Å². The van der Waals surface area contributed by atoms with E-state index in [4.69, 9.17) is 9.84 Å². The van der Waals surface area contributed by atoms with Gasteiger partial charge in [-0.15, -0.1) is 0 Å². The molecule has 5 nitrogen and oxygen atoms in total. The number of ether oxygens (including phenoxy) is 1. The number of rotatable bonds is 7. The fraction of sp³-hybridized carbons (Fsp3) is 0.375. The van der Waals surface area contributed by atoms with E-state index >= 15 is 0 Å². The van der Waals surface area contributed by atoms with E-state index in [1.54, 1.807) is 19.9 Å². The summed E-state index contributed by atoms with van der Waals surface area (Å²) in [6.07, 6.45) is 2.93. The van der Waals surface area contributed by atoms with Gasteiger partial charge in [0.05, 0.1) is 6.61 Å². The van der Waals surface area contributed by atoms with E-state index in [1.807, 2.05) is 31.2 Å². The summed E-state index contributed by atoms with van der Waals surface area (Å²) in [5.41, 5.74) is 0.769. The number of para-hydroxylation sites is 1. The third-order valence-corrected chi connectivity index (χ3v) is 2.86. The van der Waals surface area contributed by atoms with Gasteiger partial charge in [0.25, 0.3) is 0 Å². The lowest BCUT2D eigenvalue weighted by molar-refractivity contribution is -0.142. The molecule has 0 spiro atoms. The van der Waals surface area contributed by atoms with Crippen molar-refractivity contribution in [2.45, 2.75) is 26.8 Å². The van der Waals surface area contributed by atoms with Crippen LogP contribution in [0.15, 0.2) is 30.3 Å². The van der Waals surface area contributed by atoms with Crippen LogP contribution in [0.2, 0.25) is 0 Å². The van der Waals surface area contributed by atoms with E-state index in [2.05, 4.69) is 5.32 Å². The molecule has 114 valence electrons. The minimum atomic E-state index is -1.04. The molecule has 0 radical (unpaired) electrons. The molecule has 0 bridgehead atoms. The lowest BCUT2D eigenvalue weighted by Crippen LogP contribution is -2.43. The van der Waals surface area contributed by atoms with Gasteiger partial charge in [0.2, 0.25) is 5.91 Å². The molecule has 1 atom stereocenters. The van der Waals surface area contributed by atoms with Crippen LogP contribution in [0.4, 0.5) is 0 Å². The van der Waals surface area contributed by atoms with Crippen molar-refractivity contribution in [3.8, 4) is 5.75 Å². The maximum absolute atomic E-state index is 11.8. The maximum Gasteiger partial charge on any atom is 0.326 e. The average Bonchev–Trinajstić information content (AvgIpc) is 2.43. The quantitative estimate of drug-likeness (QED) is 0.756. The molecule has 1 rings (SSSR count). The monoisotopic (exact) mass is 291 g/mol. The molecule has 1 aromatic rings. The summed E-state index contributed by atoms with van der Waals surface area (Å²) >= 11 is 0. The minimum Gasteiger partial charge on any atom is -0.493 e. The minimum absolute atomic E-state index is 0.185. The van der Waals surface area contributed by atoms with Gasteiger partial charge in [-0.25, -0.2) is 4.79 Å². The van der Waals surface area contributed by atoms with Crippen molar-refractivity contribution >= 4 is 18.0 Å². The highest BCUT2D eigenvalue weighted by Crippen LogP contribution is 2.19. The molecule has 1 amide bonds. The lowest BCUT2D eigenvalue weighted by Gasteiger charge is -2.16. The van der Waals surface area contributed by atoms with Crippen LogP contribution in [0.25, 0.3) is 6.08 Å². The van der Waals surface area contributed by atoms with E-state index in [-0.39, 0.29) is 5.92 Å². The Morgan fingerprint density at radius 2 is 2.00 bits per heavy atom. The third kappa shape index (κ3) is 5.30. The van der Waals surface area contributed by atoms with Crippen LogP contribution in [-0.2, 0) is 9.59 Å². The predicted molar refractivity (Wildman–Crippen MR) is 81.0 cm³/mol. The number of nitrogens with one attached hydrogen (secondary N) is 1. The molecule has 0 saturated heterocycles. The Balaban J connectivity index is 2.76. The Hall–Kier alpha value is -2.30. The van der Waals surface area contributed by atoms with Crippen molar-refractivity contribution in [2.75, 3.05) is 6.61 Å². The fourth-order valence-electron chi connectivity index (χ4n) is 1.79. The topological polar surface area (TPSA) is 75.6 Å². The molecule has 0 aromatic heterocycles. The van der Waals surface area contributed by atoms with Gasteiger partial charge < -0.3 is 15.2 Å². The van der Waals surface area contributed by atoms with Crippen molar-refractivity contribution in [1.29, 1.82) is 0 Å². The predicted octanol–water partition coefficient (Wildman–Crippen LogP) is 2.32. The standard InChI is InChI=1S/C16H21NO4/c1-4-21-13-8-6-5-7-12(13)9-10-14(18)17-15(11(2)3)16(19)20/h5-11,15H,4H2,1-3H3,(H,17,18)(H,19,20)/b10-9+. The number of hydrogen-bond donors (Lipinski definition) is 2. The van der Waals surface area contributed by atoms with Crippen LogP contribution in [0.5, 0.6) is 5.75 Å². The second-order valence-electron chi connectivity index (χ2n) is 4.87. The fourth-order valence-corrected chi connectivity index (χ4v) is 1.79. The maximum atomic E-state index is 11.8. The first-order chi connectivity index (χ1) is 9.95. The summed E-state index contributed by atoms with van der Waals surface area (Å²) in [7, 11) is 0. The molecule has 5 heteroatoms. The summed E-state index contributed by atoms with van der Waals surface area (Å²) < 4.78 is 5.45. The molecule has 0 aliphatic carbocycles. The molecule has 0 heterocycles. The Bertz CT molecular complexity index is 523. The first kappa shape index (κ1) is 16.8. The highest BCUT2D eigenvalue weighted by atomic mass is 16.5. The van der Waals surface area contributed by atoms with Crippen LogP contribution in [0.3, 0.4) is 0 Å². The molecule has 0 fully saturated rings. The normalized spacial score (nSPS) is 12.4. The van der Waals surface area contributed by atoms with Gasteiger partial charge in [-0.3, -0.25) is 4.79 Å². The average molecular weight is 291 g/mol. The number of carbonyl (C=O) groups excluding carboxylic acids is 1. The third-order valence-electron chi connectivity index (χ3n) is 2.86. The van der Waals surface area contributed by atoms with E-state index in [9.17, 15) is 9.59 Å². The number of carboxylic acids is 1. The number of hydrogen-bond acceptors (Lipinski definition) is 3. The Morgan fingerprint density at radius 1 is 1.33 bits per heavy atom. The molecule has 0 aliphatic rings. The first-order valence-corrected chi connectivity index (χ1v) is 6.89. The first-order valence-electron chi connectivity index (χ1n) is 6.89. The largest absolute Gasteiger partial charge is 0.493 e. The van der Waals surface area contributed by atoms with Crippen LogP contribution in [0.1, 0.15) is 26.3 Å². The second-order valence-corrected chi connectivity index (χ2v) is 4.87. The van der Waals surface area contributed by atoms with Gasteiger partial charge in [0, 0.05) is 11.6 Å². The number of benzene rings is 1. The number of carboxylic acid groups (broad SMARTS) is 1. The molecule has 1 aromatic carbocycles. The number of carbonyl (C=O) groups is 2. The smallest absolute Gasteiger partial charge is 0.326 e. The highest BCUT2D eigenvalue weighted by molar-refractivity contribution is 5.94. The molecule has 0 saturated carbocycles. The van der Waals surface area contributed by atoms with Crippen LogP contribution < -0.4 is 10.1 Å². The number of aliphatic carboxylic acids is 1. The zero-order valence-corrected chi connectivity index (χ0v) is 12.5. The van der Waals surface area contributed by atoms with Crippen molar-refractivity contribution in [3.63, 3.8) is 0 Å². The number of amides is 1. The summed E-state index contributed by atoms with van der Waals surface area (Å²) in [6, 6.07) is 6.43. The Labute approximate surface area is 124 Å². The Morgan fingerprint density at radius 3 is 2.57 bits per heavy atom. The molecule has 2 N–H and O–H groups in total. The van der Waals surface area contributed by atoms with Crippen molar-refractivity contribution in [3.05, 3.63) is 35.9 Å². The molecular weight excluding hydrogens is 270 g/mol. The van der Waals surface area contributed by atoms with Gasteiger partial charge >= 0.3 is 5.97 Å². The second kappa shape index (κ2) is 8.09. The molecule has 0 aliphatic heterocycles. The van der Waals surface area contributed by atoms with Crippen LogP contribution >= 0.6 is 0 Å². The summed E-state index contributed by atoms with van der Waals surface area (Å²) in [6.45, 7) is 5.90. The van der Waals surface area contributed by atoms with E-state index in [1.165, 1.54) is 6.08 Å². The summed E-state index contributed by atoms with van der Waals surface area (Å²) in [4.78, 5) is 22.8. The lowest BCUT2D eigenvalue weighted by atomic mass is 10.0. The van der Waals surface area contributed by atoms with Gasteiger partial charge in [-0.05, 0) is 25.0 Å². The van der Waals surface area contributed by atoms with E-state index < -0.39 is 17.9 Å². The van der Waals surface area contributed by atoms with Gasteiger partial charge in [-0.1, -0.05) is 32.0 Å². The molecule has 21 heavy (non-hydrogen) atoms. The Kier molecular flexibility index (Phi) is 6.46. The van der Waals surface area contributed by atoms with Crippen molar-refractivity contribution in [1.82, 2.24) is 5.32 Å². The van der Waals surface area contributed by atoms with Gasteiger partial charge in [-0.2, -0.15) is 0 Å². The highest BCUT2D eigenvalue weighted by Gasteiger charge is 2.22. The van der Waals surface area contributed by atoms with Crippen LogP contribution in [-0.4, -0.2) is 29.6 Å². The summed E-state index contributed by atoms with van der Waals surface area (Å²) in [5, 5.41) is 11.5. The van der Waals surface area contributed by atoms with Crippen molar-refractivity contribution < 1.29 is 19.4 Å². The van der Waals surface area contributed by atoms with E-state index in [0.717, 1.165) is 5.56 Å². The van der Waals surface area contributed by atoms with Crippen LogP contribution in [0, 0.1) is 5.92 Å². The van der Waals surface area contributed by atoms with Crippen molar-refractivity contribution in [2.24, 2.45) is 5.92 Å². The zero-order valence-electron chi connectivity index (χ0n) is 12.5. The molecular formula is C16H21NO4. The SMILES string of the molecule is CCOc1ccccc1/C=C/C(=O)NC(C(=O)O)C(C)C. The molecule has 1 unspecified atom stereocenters. The summed E-state index contributed by atoms with van der Waals surface area (Å²) in [5.74, 6) is -0.984.